The highest BCUT2D eigenvalue weighted by atomic mass is 19.4. The van der Waals surface area contributed by atoms with Crippen molar-refractivity contribution in [3.63, 3.8) is 0 Å². The summed E-state index contributed by atoms with van der Waals surface area (Å²) in [4.78, 5) is 15.3. The molecular weight excluding hydrogens is 448 g/mol. The molecular formula is C22H26F4N2O5. The molecule has 2 aliphatic rings. The Labute approximate surface area is 188 Å². The van der Waals surface area contributed by atoms with Crippen LogP contribution in [-0.2, 0) is 16.1 Å². The Kier molecular flexibility index (Phi) is 8.30. The van der Waals surface area contributed by atoms with Crippen molar-refractivity contribution in [2.24, 2.45) is 5.92 Å². The number of rotatable bonds is 6. The normalized spacial score (nSPS) is 20.3. The molecule has 0 bridgehead atoms. The maximum absolute atomic E-state index is 13.6. The number of furan rings is 1. The van der Waals surface area contributed by atoms with Gasteiger partial charge in [-0.05, 0) is 55.9 Å². The first kappa shape index (κ1) is 25.0. The summed E-state index contributed by atoms with van der Waals surface area (Å²) < 4.78 is 62.6. The summed E-state index contributed by atoms with van der Waals surface area (Å²) in [6, 6.07) is 6.89. The van der Waals surface area contributed by atoms with Gasteiger partial charge in [0.1, 0.15) is 5.76 Å². The number of halogens is 4. The number of hydrogen-bond acceptors (Lipinski definition) is 6. The largest absolute Gasteiger partial charge is 0.490 e. The summed E-state index contributed by atoms with van der Waals surface area (Å²) in [5, 5.41) is 7.12. The van der Waals surface area contributed by atoms with Crippen molar-refractivity contribution in [1.82, 2.24) is 9.88 Å². The average molecular weight is 474 g/mol. The number of aliphatic carboxylic acids is 1. The summed E-state index contributed by atoms with van der Waals surface area (Å²) in [6.45, 7) is 4.15. The number of piperidine rings is 1. The second kappa shape index (κ2) is 11.0. The summed E-state index contributed by atoms with van der Waals surface area (Å²) in [7, 11) is 0. The van der Waals surface area contributed by atoms with Crippen molar-refractivity contribution in [2.45, 2.75) is 44.0 Å². The highest BCUT2D eigenvalue weighted by Gasteiger charge is 2.45. The summed E-state index contributed by atoms with van der Waals surface area (Å²) in [6.07, 6.45) is 2.15. The molecule has 1 spiro atoms. The van der Waals surface area contributed by atoms with Crippen molar-refractivity contribution in [2.75, 3.05) is 26.3 Å². The molecule has 2 saturated heterocycles. The Morgan fingerprint density at radius 3 is 2.61 bits per heavy atom. The van der Waals surface area contributed by atoms with Crippen LogP contribution >= 0.6 is 0 Å². The smallest absolute Gasteiger partial charge is 0.476 e. The van der Waals surface area contributed by atoms with Crippen LogP contribution in [0.25, 0.3) is 0 Å². The molecule has 1 unspecified atom stereocenters. The van der Waals surface area contributed by atoms with Crippen LogP contribution in [-0.4, -0.2) is 59.0 Å². The van der Waals surface area contributed by atoms with Crippen LogP contribution in [0, 0.1) is 11.7 Å². The number of likely N-dealkylation sites (tertiary alicyclic amines) is 1. The van der Waals surface area contributed by atoms with Gasteiger partial charge in [0.2, 0.25) is 5.88 Å². The van der Waals surface area contributed by atoms with Crippen LogP contribution < -0.4 is 4.74 Å². The molecule has 2 aromatic heterocycles. The van der Waals surface area contributed by atoms with Crippen LogP contribution in [0.2, 0.25) is 0 Å². The fourth-order valence-electron chi connectivity index (χ4n) is 4.23. The van der Waals surface area contributed by atoms with Gasteiger partial charge in [-0.25, -0.2) is 14.2 Å². The minimum atomic E-state index is -5.08. The van der Waals surface area contributed by atoms with Crippen molar-refractivity contribution in [3.05, 3.63) is 48.3 Å². The molecule has 0 aliphatic carbocycles. The molecule has 182 valence electrons. The van der Waals surface area contributed by atoms with E-state index in [9.17, 15) is 17.6 Å². The molecule has 4 heterocycles. The number of alkyl halides is 3. The lowest BCUT2D eigenvalue weighted by atomic mass is 9.78. The lowest BCUT2D eigenvalue weighted by Crippen LogP contribution is -2.47. The Balaban J connectivity index is 0.000000383. The molecule has 2 fully saturated rings. The predicted octanol–water partition coefficient (Wildman–Crippen LogP) is 4.29. The molecule has 4 rings (SSSR count). The van der Waals surface area contributed by atoms with Gasteiger partial charge >= 0.3 is 12.1 Å². The summed E-state index contributed by atoms with van der Waals surface area (Å²) >= 11 is 0. The number of pyridine rings is 1. The minimum absolute atomic E-state index is 0.0499. The first-order valence-electron chi connectivity index (χ1n) is 10.6. The second-order valence-corrected chi connectivity index (χ2v) is 7.98. The third-order valence-corrected chi connectivity index (χ3v) is 5.93. The number of hydrogen-bond donors (Lipinski definition) is 1. The van der Waals surface area contributed by atoms with Gasteiger partial charge in [-0.3, -0.25) is 4.90 Å². The van der Waals surface area contributed by atoms with Gasteiger partial charge in [-0.1, -0.05) is 0 Å². The Bertz CT molecular complexity index is 883. The zero-order chi connectivity index (χ0) is 23.9. The predicted molar refractivity (Wildman–Crippen MR) is 108 cm³/mol. The van der Waals surface area contributed by atoms with Gasteiger partial charge in [-0.15, -0.1) is 0 Å². The molecule has 0 amide bonds. The van der Waals surface area contributed by atoms with E-state index in [2.05, 4.69) is 9.88 Å². The SMILES string of the molecule is Fc1cccnc1OCCC1CCOC12CCN(Cc1ccco1)CC2.O=C(O)C(F)(F)F. The highest BCUT2D eigenvalue weighted by molar-refractivity contribution is 5.73. The molecule has 0 aromatic carbocycles. The van der Waals surface area contributed by atoms with Gasteiger partial charge < -0.3 is 19.0 Å². The van der Waals surface area contributed by atoms with Crippen molar-refractivity contribution in [1.29, 1.82) is 0 Å². The average Bonchev–Trinajstić information content (AvgIpc) is 3.41. The first-order valence-corrected chi connectivity index (χ1v) is 10.6. The quantitative estimate of drug-likeness (QED) is 0.626. The van der Waals surface area contributed by atoms with Crippen LogP contribution in [0.15, 0.2) is 41.1 Å². The molecule has 1 N–H and O–H groups in total. The number of ether oxygens (including phenoxy) is 2. The zero-order valence-electron chi connectivity index (χ0n) is 17.9. The summed E-state index contributed by atoms with van der Waals surface area (Å²) in [5.74, 6) is -1.60. The van der Waals surface area contributed by atoms with E-state index in [1.807, 2.05) is 12.1 Å². The lowest BCUT2D eigenvalue weighted by molar-refractivity contribution is -0.192. The second-order valence-electron chi connectivity index (χ2n) is 7.98. The first-order chi connectivity index (χ1) is 15.7. The Morgan fingerprint density at radius 1 is 1.27 bits per heavy atom. The van der Waals surface area contributed by atoms with Crippen LogP contribution in [0.1, 0.15) is 31.4 Å². The van der Waals surface area contributed by atoms with Crippen LogP contribution in [0.3, 0.4) is 0 Å². The summed E-state index contributed by atoms with van der Waals surface area (Å²) in [5.41, 5.74) is -0.0499. The Hall–Kier alpha value is -2.66. The molecule has 11 heteroatoms. The van der Waals surface area contributed by atoms with E-state index in [0.717, 1.165) is 57.7 Å². The molecule has 2 aromatic rings. The van der Waals surface area contributed by atoms with E-state index >= 15 is 0 Å². The van der Waals surface area contributed by atoms with Crippen LogP contribution in [0.4, 0.5) is 17.6 Å². The minimum Gasteiger partial charge on any atom is -0.476 e. The van der Waals surface area contributed by atoms with Gasteiger partial charge in [0.05, 0.1) is 25.0 Å². The lowest BCUT2D eigenvalue weighted by Gasteiger charge is -2.42. The number of nitrogens with zero attached hydrogens (tertiary/aromatic N) is 2. The molecule has 33 heavy (non-hydrogen) atoms. The fraction of sp³-hybridized carbons (Fsp3) is 0.545. The number of carboxylic acids is 1. The van der Waals surface area contributed by atoms with E-state index in [0.29, 0.717) is 12.5 Å². The molecule has 2 aliphatic heterocycles. The van der Waals surface area contributed by atoms with Gasteiger partial charge in [0, 0.05) is 25.9 Å². The number of carboxylic acid groups (broad SMARTS) is 1. The van der Waals surface area contributed by atoms with Gasteiger partial charge in [0.15, 0.2) is 5.82 Å². The van der Waals surface area contributed by atoms with Crippen molar-refractivity contribution >= 4 is 5.97 Å². The van der Waals surface area contributed by atoms with Crippen molar-refractivity contribution < 1.29 is 41.4 Å². The van der Waals surface area contributed by atoms with E-state index in [4.69, 9.17) is 23.8 Å². The van der Waals surface area contributed by atoms with Crippen LogP contribution in [0.5, 0.6) is 5.88 Å². The molecule has 7 nitrogen and oxygen atoms in total. The van der Waals surface area contributed by atoms with E-state index in [1.54, 1.807) is 18.5 Å². The third kappa shape index (κ3) is 6.91. The molecule has 1 atom stereocenters. The standard InChI is InChI=1S/C20H25FN2O3.C2HF3O2/c21-18-4-1-9-22-19(18)25-13-5-16-6-14-26-20(16)7-10-23(11-8-20)15-17-3-2-12-24-17;3-2(4,5)1(6)7/h1-4,9,12,16H,5-8,10-11,13-15H2;(H,6,7). The van der Waals surface area contributed by atoms with Gasteiger partial charge in [0.25, 0.3) is 0 Å². The fourth-order valence-corrected chi connectivity index (χ4v) is 4.23. The highest BCUT2D eigenvalue weighted by Crippen LogP contribution is 2.42. The van der Waals surface area contributed by atoms with E-state index < -0.39 is 18.0 Å². The van der Waals surface area contributed by atoms with E-state index in [1.165, 1.54) is 6.07 Å². The number of aromatic nitrogens is 1. The topological polar surface area (TPSA) is 85.0 Å². The monoisotopic (exact) mass is 474 g/mol. The molecule has 0 radical (unpaired) electrons. The third-order valence-electron chi connectivity index (χ3n) is 5.93. The van der Waals surface area contributed by atoms with E-state index in [-0.39, 0.29) is 11.5 Å². The Morgan fingerprint density at radius 2 is 2.00 bits per heavy atom. The van der Waals surface area contributed by atoms with Gasteiger partial charge in [-0.2, -0.15) is 13.2 Å². The zero-order valence-corrected chi connectivity index (χ0v) is 17.9. The molecule has 0 saturated carbocycles. The maximum atomic E-state index is 13.6. The number of carbonyl (C=O) groups is 1. The maximum Gasteiger partial charge on any atom is 0.490 e. The van der Waals surface area contributed by atoms with Crippen molar-refractivity contribution in [3.8, 4) is 5.88 Å².